The molecule has 23 heavy (non-hydrogen) atoms. The molecule has 2 unspecified atom stereocenters. The highest BCUT2D eigenvalue weighted by molar-refractivity contribution is 5.25. The maximum atomic E-state index is 6.88. The van der Waals surface area contributed by atoms with Gasteiger partial charge < -0.3 is 4.74 Å². The third kappa shape index (κ3) is 4.23. The van der Waals surface area contributed by atoms with Crippen molar-refractivity contribution in [2.75, 3.05) is 0 Å². The molecule has 2 aromatic carbocycles. The molecule has 0 aliphatic carbocycles. The van der Waals surface area contributed by atoms with Gasteiger partial charge >= 0.3 is 0 Å². The van der Waals surface area contributed by atoms with Crippen LogP contribution in [-0.4, -0.2) is 0 Å². The van der Waals surface area contributed by atoms with Crippen LogP contribution in [0, 0.1) is 0 Å². The van der Waals surface area contributed by atoms with Crippen molar-refractivity contribution in [2.45, 2.75) is 64.6 Å². The highest BCUT2D eigenvalue weighted by Crippen LogP contribution is 2.41. The molecule has 0 aliphatic heterocycles. The molecule has 0 aliphatic rings. The molecule has 0 N–H and O–H groups in total. The summed E-state index contributed by atoms with van der Waals surface area (Å²) in [4.78, 5) is 0. The van der Waals surface area contributed by atoms with Gasteiger partial charge in [0.2, 0.25) is 0 Å². The first kappa shape index (κ1) is 17.7. The van der Waals surface area contributed by atoms with E-state index in [2.05, 4.69) is 88.4 Å². The number of ether oxygens (including phenoxy) is 1. The topological polar surface area (TPSA) is 9.23 Å². The van der Waals surface area contributed by atoms with E-state index >= 15 is 0 Å². The van der Waals surface area contributed by atoms with Crippen LogP contribution in [0.15, 0.2) is 60.7 Å². The Bertz CT molecular complexity index is 524. The molecule has 0 bridgehead atoms. The fourth-order valence-corrected chi connectivity index (χ4v) is 3.54. The van der Waals surface area contributed by atoms with E-state index in [0.29, 0.717) is 0 Å². The van der Waals surface area contributed by atoms with Crippen LogP contribution in [0.5, 0.6) is 0 Å². The molecule has 1 heteroatoms. The predicted octanol–water partition coefficient (Wildman–Crippen LogP) is 6.43. The van der Waals surface area contributed by atoms with Crippen molar-refractivity contribution >= 4 is 0 Å². The second-order valence-corrected chi connectivity index (χ2v) is 6.80. The second kappa shape index (κ2) is 7.79. The average molecular weight is 310 g/mol. The largest absolute Gasteiger partial charge is 0.360 e. The number of rotatable bonds is 8. The van der Waals surface area contributed by atoms with Crippen molar-refractivity contribution in [1.29, 1.82) is 0 Å². The zero-order valence-corrected chi connectivity index (χ0v) is 15.0. The summed E-state index contributed by atoms with van der Waals surface area (Å²) in [6, 6.07) is 21.3. The SMILES string of the molecule is CCCC(C)(OC(C)(CCC)c1ccccc1)c1ccccc1. The minimum atomic E-state index is -0.268. The molecule has 0 saturated heterocycles. The third-order valence-electron chi connectivity index (χ3n) is 4.67. The van der Waals surface area contributed by atoms with Gasteiger partial charge in [0.1, 0.15) is 0 Å². The Kier molecular flexibility index (Phi) is 6.01. The van der Waals surface area contributed by atoms with Crippen molar-refractivity contribution < 1.29 is 4.74 Å². The predicted molar refractivity (Wildman–Crippen MR) is 98.5 cm³/mol. The lowest BCUT2D eigenvalue weighted by Gasteiger charge is -2.41. The van der Waals surface area contributed by atoms with Crippen molar-refractivity contribution in [1.82, 2.24) is 0 Å². The van der Waals surface area contributed by atoms with Crippen LogP contribution in [0.2, 0.25) is 0 Å². The maximum Gasteiger partial charge on any atom is 0.0915 e. The first-order chi connectivity index (χ1) is 11.0. The number of benzene rings is 2. The zero-order chi connectivity index (χ0) is 16.8. The first-order valence-electron chi connectivity index (χ1n) is 8.85. The van der Waals surface area contributed by atoms with E-state index in [4.69, 9.17) is 4.74 Å². The minimum Gasteiger partial charge on any atom is -0.360 e. The van der Waals surface area contributed by atoms with E-state index < -0.39 is 0 Å². The Labute approximate surface area is 141 Å². The molecule has 0 fully saturated rings. The Morgan fingerprint density at radius 2 is 1.00 bits per heavy atom. The van der Waals surface area contributed by atoms with Gasteiger partial charge in [-0.2, -0.15) is 0 Å². The average Bonchev–Trinajstić information content (AvgIpc) is 2.57. The smallest absolute Gasteiger partial charge is 0.0915 e. The van der Waals surface area contributed by atoms with Gasteiger partial charge in [0.25, 0.3) is 0 Å². The van der Waals surface area contributed by atoms with E-state index in [1.807, 2.05) is 0 Å². The fourth-order valence-electron chi connectivity index (χ4n) is 3.54. The van der Waals surface area contributed by atoms with Gasteiger partial charge in [0.15, 0.2) is 0 Å². The molecule has 2 aromatic rings. The molecule has 1 nitrogen and oxygen atoms in total. The summed E-state index contributed by atoms with van der Waals surface area (Å²) in [7, 11) is 0. The van der Waals surface area contributed by atoms with E-state index in [0.717, 1.165) is 25.7 Å². The van der Waals surface area contributed by atoms with Gasteiger partial charge in [-0.05, 0) is 37.8 Å². The summed E-state index contributed by atoms with van der Waals surface area (Å²) >= 11 is 0. The summed E-state index contributed by atoms with van der Waals surface area (Å²) in [5, 5.41) is 0. The van der Waals surface area contributed by atoms with Gasteiger partial charge in [-0.3, -0.25) is 0 Å². The van der Waals surface area contributed by atoms with Crippen LogP contribution in [0.3, 0.4) is 0 Å². The summed E-state index contributed by atoms with van der Waals surface area (Å²) in [5.74, 6) is 0. The van der Waals surface area contributed by atoms with Gasteiger partial charge in [0.05, 0.1) is 11.2 Å². The van der Waals surface area contributed by atoms with Crippen LogP contribution in [-0.2, 0) is 15.9 Å². The van der Waals surface area contributed by atoms with Crippen LogP contribution in [0.4, 0.5) is 0 Å². The first-order valence-corrected chi connectivity index (χ1v) is 8.85. The van der Waals surface area contributed by atoms with Crippen LogP contribution >= 0.6 is 0 Å². The Morgan fingerprint density at radius 3 is 1.30 bits per heavy atom. The Balaban J connectivity index is 2.39. The molecule has 0 aromatic heterocycles. The molecular weight excluding hydrogens is 280 g/mol. The normalized spacial score (nSPS) is 16.5. The summed E-state index contributed by atoms with van der Waals surface area (Å²) in [6.45, 7) is 8.93. The molecule has 124 valence electrons. The van der Waals surface area contributed by atoms with Crippen LogP contribution in [0.25, 0.3) is 0 Å². The van der Waals surface area contributed by atoms with E-state index in [1.165, 1.54) is 11.1 Å². The zero-order valence-electron chi connectivity index (χ0n) is 15.0. The third-order valence-corrected chi connectivity index (χ3v) is 4.67. The van der Waals surface area contributed by atoms with Crippen LogP contribution in [0.1, 0.15) is 64.5 Å². The monoisotopic (exact) mass is 310 g/mol. The molecule has 2 atom stereocenters. The Hall–Kier alpha value is -1.60. The van der Waals surface area contributed by atoms with E-state index in [9.17, 15) is 0 Å². The molecule has 0 amide bonds. The van der Waals surface area contributed by atoms with E-state index in [1.54, 1.807) is 0 Å². The van der Waals surface area contributed by atoms with E-state index in [-0.39, 0.29) is 11.2 Å². The Morgan fingerprint density at radius 1 is 0.652 bits per heavy atom. The van der Waals surface area contributed by atoms with Crippen LogP contribution < -0.4 is 0 Å². The lowest BCUT2D eigenvalue weighted by atomic mass is 9.86. The highest BCUT2D eigenvalue weighted by atomic mass is 16.5. The quantitative estimate of drug-likeness (QED) is 0.545. The van der Waals surface area contributed by atoms with Crippen molar-refractivity contribution in [3.63, 3.8) is 0 Å². The lowest BCUT2D eigenvalue weighted by molar-refractivity contribution is -0.159. The van der Waals surface area contributed by atoms with Crippen molar-refractivity contribution in [3.05, 3.63) is 71.8 Å². The number of hydrogen-bond acceptors (Lipinski definition) is 1. The molecular formula is C22H30O. The van der Waals surface area contributed by atoms with Crippen molar-refractivity contribution in [2.24, 2.45) is 0 Å². The highest BCUT2D eigenvalue weighted by Gasteiger charge is 2.37. The van der Waals surface area contributed by atoms with Gasteiger partial charge in [-0.25, -0.2) is 0 Å². The summed E-state index contributed by atoms with van der Waals surface area (Å²) < 4.78 is 6.88. The minimum absolute atomic E-state index is 0.268. The molecule has 0 saturated carbocycles. The summed E-state index contributed by atoms with van der Waals surface area (Å²) in [6.07, 6.45) is 4.23. The van der Waals surface area contributed by atoms with Gasteiger partial charge in [-0.1, -0.05) is 87.4 Å². The standard InChI is InChI=1S/C22H30O/c1-5-17-21(3,19-13-9-7-10-14-19)23-22(4,18-6-2)20-15-11-8-12-16-20/h7-16H,5-6,17-18H2,1-4H3. The molecule has 0 heterocycles. The fraction of sp³-hybridized carbons (Fsp3) is 0.455. The molecule has 0 spiro atoms. The second-order valence-electron chi connectivity index (χ2n) is 6.80. The maximum absolute atomic E-state index is 6.88. The molecule has 0 radical (unpaired) electrons. The molecule has 2 rings (SSSR count). The number of hydrogen-bond donors (Lipinski definition) is 0. The van der Waals surface area contributed by atoms with Gasteiger partial charge in [0, 0.05) is 0 Å². The van der Waals surface area contributed by atoms with Gasteiger partial charge in [-0.15, -0.1) is 0 Å². The van der Waals surface area contributed by atoms with Crippen molar-refractivity contribution in [3.8, 4) is 0 Å². The lowest BCUT2D eigenvalue weighted by Crippen LogP contribution is -2.37. The summed E-state index contributed by atoms with van der Waals surface area (Å²) in [5.41, 5.74) is 1.99.